The fraction of sp³-hybridized carbons (Fsp3) is 0.240. The van der Waals surface area contributed by atoms with Crippen LogP contribution in [0.5, 0.6) is 5.75 Å². The Hall–Kier alpha value is -2.91. The van der Waals surface area contributed by atoms with Crippen LogP contribution in [0, 0.1) is 5.82 Å². The first kappa shape index (κ1) is 24.8. The van der Waals surface area contributed by atoms with Gasteiger partial charge in [-0.05, 0) is 0 Å². The second-order valence-electron chi connectivity index (χ2n) is 8.54. The molecule has 11 heteroatoms. The van der Waals surface area contributed by atoms with Gasteiger partial charge in [0.1, 0.15) is 0 Å². The van der Waals surface area contributed by atoms with E-state index in [1.165, 1.54) is 18.4 Å². The third-order valence-electron chi connectivity index (χ3n) is 6.11. The minimum absolute atomic E-state index is 0.0449. The number of hydrogen-bond donors (Lipinski definition) is 2. The molecule has 187 valence electrons. The maximum atomic E-state index is 14.0. The molecule has 2 aliphatic heterocycles. The summed E-state index contributed by atoms with van der Waals surface area (Å²) in [6, 6.07) is 8.31. The average Bonchev–Trinajstić information content (AvgIpc) is 3.47. The van der Waals surface area contributed by atoms with Crippen molar-refractivity contribution in [3.63, 3.8) is 0 Å². The van der Waals surface area contributed by atoms with E-state index in [0.29, 0.717) is 36.4 Å². The number of carbonyl (C=O) groups is 1. The summed E-state index contributed by atoms with van der Waals surface area (Å²) in [7, 11) is -3.97. The second-order valence-corrected chi connectivity index (χ2v) is 15.3. The van der Waals surface area contributed by atoms with Crippen LogP contribution in [0.25, 0.3) is 17.2 Å². The van der Waals surface area contributed by atoms with Crippen molar-refractivity contribution in [2.45, 2.75) is 24.0 Å². The number of likely N-dealkylation sites (tertiary alicyclic amines) is 1. The summed E-state index contributed by atoms with van der Waals surface area (Å²) < 4.78 is 52.2. The van der Waals surface area contributed by atoms with Crippen molar-refractivity contribution < 1.29 is 37.0 Å². The summed E-state index contributed by atoms with van der Waals surface area (Å²) in [6.45, 7) is 1.79. The van der Waals surface area contributed by atoms with E-state index in [-0.39, 0.29) is 38.8 Å². The van der Waals surface area contributed by atoms with Crippen molar-refractivity contribution in [1.29, 1.82) is 0 Å². The number of fused-ring (bicyclic) bond motifs is 3. The third-order valence-corrected chi connectivity index (χ3v) is 12.2. The van der Waals surface area contributed by atoms with Gasteiger partial charge in [-0.1, -0.05) is 0 Å². The number of β-amino-alcohol motifs (C(OH)–C–C–N with tert-alkyl or cyclic N) is 1. The molecule has 2 N–H and O–H groups in total. The van der Waals surface area contributed by atoms with Crippen LogP contribution in [-0.2, 0) is 14.7 Å². The molecule has 1 fully saturated rings. The summed E-state index contributed by atoms with van der Waals surface area (Å²) in [5.41, 5.74) is 1.25. The molecule has 0 spiro atoms. The zero-order chi connectivity index (χ0) is 25.4. The van der Waals surface area contributed by atoms with E-state index in [0.717, 1.165) is 18.7 Å². The molecule has 5 rings (SSSR count). The predicted octanol–water partition coefficient (Wildman–Crippen LogP) is 2.47. The van der Waals surface area contributed by atoms with Crippen LogP contribution in [0.15, 0.2) is 58.1 Å². The van der Waals surface area contributed by atoms with Gasteiger partial charge >= 0.3 is 213 Å². The number of carboxylic acids is 1. The van der Waals surface area contributed by atoms with Crippen molar-refractivity contribution >= 4 is 39.1 Å². The SMILES string of the molecule is O=C(O)c1c([As]S(=O)(=O)c2ccc(F)cc2C=CCN2CCC(O)C2)ccc2c1OCc1occc1-2. The van der Waals surface area contributed by atoms with Crippen LogP contribution < -0.4 is 9.09 Å². The number of hydrogen-bond acceptors (Lipinski definition) is 7. The number of aromatic carboxylic acids is 1. The molecule has 0 bridgehead atoms. The number of ether oxygens (including phenoxy) is 1. The number of aliphatic hydroxyl groups excluding tert-OH is 1. The van der Waals surface area contributed by atoms with Crippen molar-refractivity contribution in [3.05, 3.63) is 71.4 Å². The molecule has 1 saturated heterocycles. The number of benzene rings is 2. The Balaban J connectivity index is 1.47. The van der Waals surface area contributed by atoms with Gasteiger partial charge in [0.25, 0.3) is 0 Å². The Labute approximate surface area is 212 Å². The Morgan fingerprint density at radius 3 is 2.81 bits per heavy atom. The number of nitrogens with zero attached hydrogens (tertiary/aromatic N) is 1. The van der Waals surface area contributed by atoms with E-state index in [2.05, 4.69) is 0 Å². The average molecular weight is 574 g/mol. The first-order valence-corrected chi connectivity index (χ1v) is 15.8. The van der Waals surface area contributed by atoms with Crippen molar-refractivity contribution in [2.24, 2.45) is 0 Å². The van der Waals surface area contributed by atoms with Gasteiger partial charge in [0.15, 0.2) is 0 Å². The number of aliphatic hydroxyl groups is 1. The molecule has 3 aromatic rings. The molecule has 1 radical (unpaired) electrons. The third kappa shape index (κ3) is 4.86. The molecule has 1 atom stereocenters. The fourth-order valence-electron chi connectivity index (χ4n) is 4.42. The second kappa shape index (κ2) is 9.86. The Bertz CT molecular complexity index is 1470. The van der Waals surface area contributed by atoms with Crippen molar-refractivity contribution in [1.82, 2.24) is 4.90 Å². The predicted molar refractivity (Wildman–Crippen MR) is 131 cm³/mol. The fourth-order valence-corrected chi connectivity index (χ4v) is 10.4. The van der Waals surface area contributed by atoms with Gasteiger partial charge in [0.2, 0.25) is 0 Å². The Morgan fingerprint density at radius 1 is 1.22 bits per heavy atom. The van der Waals surface area contributed by atoms with E-state index in [1.54, 1.807) is 24.3 Å². The van der Waals surface area contributed by atoms with Crippen molar-refractivity contribution in [3.8, 4) is 16.9 Å². The quantitative estimate of drug-likeness (QED) is 0.414. The molecule has 36 heavy (non-hydrogen) atoms. The van der Waals surface area contributed by atoms with Gasteiger partial charge in [-0.2, -0.15) is 0 Å². The molecule has 3 heterocycles. The normalized spacial score (nSPS) is 18.0. The number of halogens is 1. The van der Waals surface area contributed by atoms with E-state index >= 15 is 0 Å². The van der Waals surface area contributed by atoms with E-state index in [1.807, 2.05) is 4.90 Å². The van der Waals surface area contributed by atoms with Gasteiger partial charge in [-0.3, -0.25) is 0 Å². The first-order chi connectivity index (χ1) is 17.2. The molecular formula is C25H22AsFNO7S. The summed E-state index contributed by atoms with van der Waals surface area (Å²) >= 11 is -1.71. The molecule has 8 nitrogen and oxygen atoms in total. The van der Waals surface area contributed by atoms with Crippen LogP contribution >= 0.6 is 0 Å². The zero-order valence-electron chi connectivity index (χ0n) is 18.9. The topological polar surface area (TPSA) is 117 Å². The van der Waals surface area contributed by atoms with Gasteiger partial charge in [0, 0.05) is 0 Å². The standard InChI is InChI=1S/C25H22AsFNO7S/c27-16-3-6-22(15(12-16)2-1-9-28-10-7-17(29)13-28)36(32,33)26-20-5-4-19-18-8-11-34-21(18)14-35-24(19)23(20)25(30)31/h1-6,8,11-12,17,29H,7,9-10,13-14H2,(H,30,31). The summed E-state index contributed by atoms with van der Waals surface area (Å²) in [6.07, 6.45) is 5.08. The van der Waals surface area contributed by atoms with E-state index in [4.69, 9.17) is 9.15 Å². The molecule has 1 aromatic heterocycles. The number of carboxylic acid groups (broad SMARTS) is 1. The molecular weight excluding hydrogens is 552 g/mol. The van der Waals surface area contributed by atoms with Crippen LogP contribution in [0.3, 0.4) is 0 Å². The maximum absolute atomic E-state index is 14.0. The van der Waals surface area contributed by atoms with Crippen molar-refractivity contribution in [2.75, 3.05) is 19.6 Å². The molecule has 0 aliphatic carbocycles. The van der Waals surface area contributed by atoms with E-state index in [9.17, 15) is 27.8 Å². The van der Waals surface area contributed by atoms with Crippen LogP contribution in [0.4, 0.5) is 4.39 Å². The molecule has 0 amide bonds. The minimum atomic E-state index is -3.97. The van der Waals surface area contributed by atoms with E-state index < -0.39 is 34.5 Å². The molecule has 0 saturated carbocycles. The molecule has 1 unspecified atom stereocenters. The summed E-state index contributed by atoms with van der Waals surface area (Å²) in [5, 5.41) is 19.6. The van der Waals surface area contributed by atoms with Gasteiger partial charge in [-0.15, -0.1) is 0 Å². The summed E-state index contributed by atoms with van der Waals surface area (Å²) in [5.74, 6) is -1.18. The Kier molecular flexibility index (Phi) is 6.78. The van der Waals surface area contributed by atoms with Crippen LogP contribution in [-0.4, -0.2) is 69.8 Å². The van der Waals surface area contributed by atoms with Gasteiger partial charge in [-0.25, -0.2) is 0 Å². The summed E-state index contributed by atoms with van der Waals surface area (Å²) in [4.78, 5) is 14.2. The molecule has 2 aromatic carbocycles. The number of rotatable bonds is 7. The monoisotopic (exact) mass is 574 g/mol. The molecule has 2 aliphatic rings. The number of furan rings is 1. The first-order valence-electron chi connectivity index (χ1n) is 11.2. The van der Waals surface area contributed by atoms with Gasteiger partial charge in [0.05, 0.1) is 0 Å². The van der Waals surface area contributed by atoms with Crippen LogP contribution in [0.2, 0.25) is 0 Å². The van der Waals surface area contributed by atoms with Gasteiger partial charge < -0.3 is 0 Å². The Morgan fingerprint density at radius 2 is 2.06 bits per heavy atom. The zero-order valence-corrected chi connectivity index (χ0v) is 21.6. The van der Waals surface area contributed by atoms with Crippen LogP contribution in [0.1, 0.15) is 28.1 Å².